The van der Waals surface area contributed by atoms with E-state index in [1.54, 1.807) is 0 Å². The first-order valence-electron chi connectivity index (χ1n) is 5.89. The molecule has 3 N–H and O–H groups in total. The largest absolute Gasteiger partial charge is 0.399 e. The molecular formula is C13H16N4. The Bertz CT molecular complexity index is 544. The molecule has 0 aliphatic carbocycles. The van der Waals surface area contributed by atoms with Gasteiger partial charge in [-0.15, -0.1) is 0 Å². The van der Waals surface area contributed by atoms with Crippen LogP contribution in [0.3, 0.4) is 0 Å². The van der Waals surface area contributed by atoms with Crippen molar-refractivity contribution in [2.45, 2.75) is 19.4 Å². The van der Waals surface area contributed by atoms with Gasteiger partial charge < -0.3 is 15.6 Å². The minimum atomic E-state index is 0.343. The average molecular weight is 228 g/mol. The van der Waals surface area contributed by atoms with Crippen molar-refractivity contribution in [3.63, 3.8) is 0 Å². The number of anilines is 2. The summed E-state index contributed by atoms with van der Waals surface area (Å²) in [6.45, 7) is 2.97. The Morgan fingerprint density at radius 2 is 2.35 bits per heavy atom. The third kappa shape index (κ3) is 1.75. The lowest BCUT2D eigenvalue weighted by Crippen LogP contribution is -2.23. The molecule has 0 fully saturated rings. The van der Waals surface area contributed by atoms with E-state index in [1.165, 1.54) is 5.56 Å². The van der Waals surface area contributed by atoms with Crippen molar-refractivity contribution in [3.05, 3.63) is 41.7 Å². The molecule has 1 aliphatic heterocycles. The fourth-order valence-electron chi connectivity index (χ4n) is 2.44. The molecular weight excluding hydrogens is 212 g/mol. The molecule has 2 heterocycles. The zero-order chi connectivity index (χ0) is 11.8. The molecule has 1 unspecified atom stereocenters. The first-order chi connectivity index (χ1) is 8.24. The lowest BCUT2D eigenvalue weighted by atomic mass is 10.0. The van der Waals surface area contributed by atoms with Gasteiger partial charge in [-0.2, -0.15) is 0 Å². The second-order valence-electron chi connectivity index (χ2n) is 4.51. The van der Waals surface area contributed by atoms with Crippen LogP contribution in [0.5, 0.6) is 0 Å². The van der Waals surface area contributed by atoms with Gasteiger partial charge in [-0.3, -0.25) is 0 Å². The number of rotatable bonds is 1. The molecule has 1 aliphatic rings. The Labute approximate surface area is 100 Å². The molecule has 0 bridgehead atoms. The van der Waals surface area contributed by atoms with Crippen LogP contribution in [-0.4, -0.2) is 16.1 Å². The molecule has 0 saturated heterocycles. The van der Waals surface area contributed by atoms with Crippen molar-refractivity contribution in [1.29, 1.82) is 0 Å². The lowest BCUT2D eigenvalue weighted by Gasteiger charge is -2.26. The van der Waals surface area contributed by atoms with Crippen LogP contribution in [-0.2, 0) is 0 Å². The maximum atomic E-state index is 5.85. The fourth-order valence-corrected chi connectivity index (χ4v) is 2.44. The second-order valence-corrected chi connectivity index (χ2v) is 4.51. The number of imidazole rings is 1. The summed E-state index contributed by atoms with van der Waals surface area (Å²) >= 11 is 0. The Balaban J connectivity index is 2.05. The number of nitrogen functional groups attached to an aromatic ring is 1. The van der Waals surface area contributed by atoms with E-state index in [4.69, 9.17) is 5.73 Å². The maximum Gasteiger partial charge on any atom is 0.203 e. The fraction of sp³-hybridized carbons (Fsp3) is 0.308. The summed E-state index contributed by atoms with van der Waals surface area (Å²) in [6, 6.07) is 8.46. The smallest absolute Gasteiger partial charge is 0.203 e. The standard InChI is InChI=1S/C13H16N4/c1-9-8-17-12(5-6-15-13(17)16-9)10-3-2-4-11(14)7-10/h2-4,7-8,12H,5-6,14H2,1H3,(H,15,16). The van der Waals surface area contributed by atoms with Crippen LogP contribution in [0.1, 0.15) is 23.7 Å². The number of aromatic nitrogens is 2. The summed E-state index contributed by atoms with van der Waals surface area (Å²) in [4.78, 5) is 4.47. The van der Waals surface area contributed by atoms with Crippen LogP contribution in [0.4, 0.5) is 11.6 Å². The van der Waals surface area contributed by atoms with Crippen LogP contribution >= 0.6 is 0 Å². The van der Waals surface area contributed by atoms with Gasteiger partial charge in [0.15, 0.2) is 0 Å². The highest BCUT2D eigenvalue weighted by molar-refractivity contribution is 5.44. The van der Waals surface area contributed by atoms with Gasteiger partial charge in [-0.1, -0.05) is 12.1 Å². The Morgan fingerprint density at radius 3 is 3.18 bits per heavy atom. The van der Waals surface area contributed by atoms with Crippen molar-refractivity contribution in [1.82, 2.24) is 9.55 Å². The number of aryl methyl sites for hydroxylation is 1. The van der Waals surface area contributed by atoms with Crippen molar-refractivity contribution in [3.8, 4) is 0 Å². The van der Waals surface area contributed by atoms with Gasteiger partial charge in [0.2, 0.25) is 5.95 Å². The lowest BCUT2D eigenvalue weighted by molar-refractivity contribution is 0.530. The van der Waals surface area contributed by atoms with Crippen molar-refractivity contribution >= 4 is 11.6 Å². The molecule has 0 amide bonds. The van der Waals surface area contributed by atoms with E-state index in [0.29, 0.717) is 6.04 Å². The number of fused-ring (bicyclic) bond motifs is 1. The minimum absolute atomic E-state index is 0.343. The van der Waals surface area contributed by atoms with Gasteiger partial charge in [-0.05, 0) is 31.0 Å². The first-order valence-corrected chi connectivity index (χ1v) is 5.89. The number of nitrogens with one attached hydrogen (secondary N) is 1. The molecule has 17 heavy (non-hydrogen) atoms. The van der Waals surface area contributed by atoms with Crippen molar-refractivity contribution in [2.75, 3.05) is 17.6 Å². The maximum absolute atomic E-state index is 5.85. The number of nitrogens with zero attached hydrogens (tertiary/aromatic N) is 2. The highest BCUT2D eigenvalue weighted by Gasteiger charge is 2.21. The predicted molar refractivity (Wildman–Crippen MR) is 69.1 cm³/mol. The molecule has 0 radical (unpaired) electrons. The first kappa shape index (κ1) is 10.2. The van der Waals surface area contributed by atoms with E-state index in [9.17, 15) is 0 Å². The zero-order valence-corrected chi connectivity index (χ0v) is 9.85. The quantitative estimate of drug-likeness (QED) is 0.735. The van der Waals surface area contributed by atoms with Crippen molar-refractivity contribution in [2.24, 2.45) is 0 Å². The highest BCUT2D eigenvalue weighted by Crippen LogP contribution is 2.30. The number of hydrogen-bond acceptors (Lipinski definition) is 3. The Kier molecular flexibility index (Phi) is 2.28. The average Bonchev–Trinajstić information content (AvgIpc) is 2.68. The molecule has 4 heteroatoms. The Morgan fingerprint density at radius 1 is 1.47 bits per heavy atom. The van der Waals surface area contributed by atoms with Crippen molar-refractivity contribution < 1.29 is 0 Å². The van der Waals surface area contributed by atoms with Crippen LogP contribution in [0, 0.1) is 6.92 Å². The van der Waals surface area contributed by atoms with E-state index in [-0.39, 0.29) is 0 Å². The summed E-state index contributed by atoms with van der Waals surface area (Å²) in [6.07, 6.45) is 3.15. The molecule has 0 saturated carbocycles. The van der Waals surface area contributed by atoms with E-state index >= 15 is 0 Å². The second kappa shape index (κ2) is 3.80. The van der Waals surface area contributed by atoms with Gasteiger partial charge in [0.1, 0.15) is 0 Å². The number of nitrogens with two attached hydrogens (primary N) is 1. The molecule has 1 atom stereocenters. The molecule has 3 rings (SSSR count). The molecule has 1 aromatic heterocycles. The van der Waals surface area contributed by atoms with Gasteiger partial charge in [0.25, 0.3) is 0 Å². The highest BCUT2D eigenvalue weighted by atomic mass is 15.2. The third-order valence-electron chi connectivity index (χ3n) is 3.18. The summed E-state index contributed by atoms with van der Waals surface area (Å²) in [5.41, 5.74) is 8.97. The molecule has 88 valence electrons. The number of hydrogen-bond donors (Lipinski definition) is 2. The van der Waals surface area contributed by atoms with Gasteiger partial charge in [0, 0.05) is 18.4 Å². The molecule has 4 nitrogen and oxygen atoms in total. The zero-order valence-electron chi connectivity index (χ0n) is 9.85. The van der Waals surface area contributed by atoms with E-state index < -0.39 is 0 Å². The molecule has 0 spiro atoms. The van der Waals surface area contributed by atoms with Crippen LogP contribution in [0.2, 0.25) is 0 Å². The monoisotopic (exact) mass is 228 g/mol. The van der Waals surface area contributed by atoms with Crippen LogP contribution in [0.15, 0.2) is 30.5 Å². The normalized spacial score (nSPS) is 18.5. The van der Waals surface area contributed by atoms with E-state index in [1.807, 2.05) is 19.1 Å². The van der Waals surface area contributed by atoms with E-state index in [2.05, 4.69) is 33.2 Å². The predicted octanol–water partition coefficient (Wildman–Crippen LogP) is 2.18. The summed E-state index contributed by atoms with van der Waals surface area (Å²) in [5.74, 6) is 0.959. The summed E-state index contributed by atoms with van der Waals surface area (Å²) in [5, 5.41) is 3.32. The molecule has 1 aromatic carbocycles. The SMILES string of the molecule is Cc1cn2c(n1)NCCC2c1cccc(N)c1. The topological polar surface area (TPSA) is 55.9 Å². The van der Waals surface area contributed by atoms with Gasteiger partial charge >= 0.3 is 0 Å². The number of benzene rings is 1. The van der Waals surface area contributed by atoms with E-state index in [0.717, 1.165) is 30.3 Å². The van der Waals surface area contributed by atoms with Crippen LogP contribution < -0.4 is 11.1 Å². The minimum Gasteiger partial charge on any atom is -0.399 e. The van der Waals surface area contributed by atoms with Gasteiger partial charge in [-0.25, -0.2) is 4.98 Å². The summed E-state index contributed by atoms with van der Waals surface area (Å²) < 4.78 is 2.20. The van der Waals surface area contributed by atoms with Crippen LogP contribution in [0.25, 0.3) is 0 Å². The summed E-state index contributed by atoms with van der Waals surface area (Å²) in [7, 11) is 0. The molecule has 2 aromatic rings. The Hall–Kier alpha value is -1.97. The van der Waals surface area contributed by atoms with Gasteiger partial charge in [0.05, 0.1) is 11.7 Å². The third-order valence-corrected chi connectivity index (χ3v) is 3.18.